The molecule has 6 rings (SSSR count). The Balaban J connectivity index is 1.29. The van der Waals surface area contributed by atoms with Crippen LogP contribution in [-0.2, 0) is 24.0 Å². The summed E-state index contributed by atoms with van der Waals surface area (Å²) in [5, 5.41) is 9.68. The number of benzene rings is 2. The average Bonchev–Trinajstić information content (AvgIpc) is 3.52. The first kappa shape index (κ1) is 25.5. The van der Waals surface area contributed by atoms with Crippen molar-refractivity contribution in [3.8, 4) is 5.69 Å². The number of fused-ring (bicyclic) bond motifs is 3. The van der Waals surface area contributed by atoms with E-state index in [0.29, 0.717) is 56.3 Å². The number of anilines is 1. The third-order valence-electron chi connectivity index (χ3n) is 7.73. The van der Waals surface area contributed by atoms with Crippen molar-refractivity contribution in [2.45, 2.75) is 50.5 Å². The summed E-state index contributed by atoms with van der Waals surface area (Å²) in [5.41, 5.74) is -0.128. The van der Waals surface area contributed by atoms with Crippen LogP contribution in [0, 0.1) is 11.6 Å². The molecule has 1 aromatic heterocycles. The van der Waals surface area contributed by atoms with E-state index in [1.165, 1.54) is 4.90 Å². The summed E-state index contributed by atoms with van der Waals surface area (Å²) < 4.78 is 76.6. The SMILES string of the molecule is Fc1ccc(C(F)(F)F)c(F)c1N1CCC(c2nnc3n2-c2ccc(Cl)cc2CN([C@H]2CCOC2)C3)CC1. The Bertz CT molecular complexity index is 1350. The number of hydrogen-bond acceptors (Lipinski definition) is 5. The predicted octanol–water partition coefficient (Wildman–Crippen LogP) is 5.71. The molecule has 0 spiro atoms. The molecule has 4 heterocycles. The van der Waals surface area contributed by atoms with Gasteiger partial charge in [-0.2, -0.15) is 13.2 Å². The van der Waals surface area contributed by atoms with Crippen molar-refractivity contribution in [3.63, 3.8) is 0 Å². The van der Waals surface area contributed by atoms with Gasteiger partial charge in [0.05, 0.1) is 24.4 Å². The van der Waals surface area contributed by atoms with E-state index < -0.39 is 29.1 Å². The third-order valence-corrected chi connectivity index (χ3v) is 7.96. The molecule has 0 saturated carbocycles. The Morgan fingerprint density at radius 1 is 0.974 bits per heavy atom. The Kier molecular flexibility index (Phi) is 6.56. The highest BCUT2D eigenvalue weighted by Gasteiger charge is 2.38. The molecule has 0 radical (unpaired) electrons. The van der Waals surface area contributed by atoms with Gasteiger partial charge in [0.25, 0.3) is 0 Å². The molecule has 0 N–H and O–H groups in total. The molecule has 3 aliphatic heterocycles. The van der Waals surface area contributed by atoms with E-state index in [1.54, 1.807) is 0 Å². The van der Waals surface area contributed by atoms with Crippen molar-refractivity contribution in [2.75, 3.05) is 31.2 Å². The van der Waals surface area contributed by atoms with Crippen molar-refractivity contribution in [1.29, 1.82) is 0 Å². The van der Waals surface area contributed by atoms with Gasteiger partial charge < -0.3 is 9.64 Å². The van der Waals surface area contributed by atoms with Crippen LogP contribution in [0.5, 0.6) is 0 Å². The van der Waals surface area contributed by atoms with Gasteiger partial charge in [-0.05, 0) is 55.2 Å². The van der Waals surface area contributed by atoms with Gasteiger partial charge >= 0.3 is 6.18 Å². The predicted molar refractivity (Wildman–Crippen MR) is 130 cm³/mol. The van der Waals surface area contributed by atoms with Crippen LogP contribution >= 0.6 is 11.6 Å². The average molecular weight is 554 g/mol. The van der Waals surface area contributed by atoms with Crippen molar-refractivity contribution < 1.29 is 26.7 Å². The fraction of sp³-hybridized carbons (Fsp3) is 0.462. The van der Waals surface area contributed by atoms with E-state index in [-0.39, 0.29) is 25.0 Å². The molecule has 0 bridgehead atoms. The molecule has 3 aromatic rings. The van der Waals surface area contributed by atoms with Gasteiger partial charge in [0.15, 0.2) is 11.6 Å². The highest BCUT2D eigenvalue weighted by atomic mass is 35.5. The second-order valence-corrected chi connectivity index (χ2v) is 10.5. The van der Waals surface area contributed by atoms with Crippen LogP contribution in [0.3, 0.4) is 0 Å². The van der Waals surface area contributed by atoms with E-state index in [0.717, 1.165) is 29.3 Å². The summed E-state index contributed by atoms with van der Waals surface area (Å²) in [6.45, 7) is 2.99. The fourth-order valence-electron chi connectivity index (χ4n) is 5.79. The first-order valence-corrected chi connectivity index (χ1v) is 12.9. The number of piperidine rings is 1. The molecule has 6 nitrogen and oxygen atoms in total. The zero-order chi connectivity index (χ0) is 26.6. The maximum absolute atomic E-state index is 14.8. The van der Waals surface area contributed by atoms with E-state index in [4.69, 9.17) is 16.3 Å². The fourth-order valence-corrected chi connectivity index (χ4v) is 5.99. The Morgan fingerprint density at radius 2 is 1.76 bits per heavy atom. The van der Waals surface area contributed by atoms with Crippen LogP contribution in [0.15, 0.2) is 30.3 Å². The number of alkyl halides is 3. The molecule has 38 heavy (non-hydrogen) atoms. The second kappa shape index (κ2) is 9.77. The van der Waals surface area contributed by atoms with Crippen molar-refractivity contribution >= 4 is 17.3 Å². The van der Waals surface area contributed by atoms with E-state index in [1.807, 2.05) is 22.8 Å². The summed E-state index contributed by atoms with van der Waals surface area (Å²) in [5.74, 6) is -1.15. The standard InChI is InChI=1S/C26H25ClF5N5O/c27-17-1-4-21-16(11-17)12-36(18-7-10-38-14-18)13-22-33-34-25(37(21)22)15-5-8-35(9-6-15)24-20(28)3-2-19(23(24)29)26(30,31)32/h1-4,11,15,18H,5-10,12-14H2/t18-/m0/s1. The lowest BCUT2D eigenvalue weighted by Gasteiger charge is -2.34. The van der Waals surface area contributed by atoms with Gasteiger partial charge in [-0.25, -0.2) is 8.78 Å². The molecule has 2 aromatic carbocycles. The molecule has 2 saturated heterocycles. The van der Waals surface area contributed by atoms with Gasteiger partial charge in [-0.15, -0.1) is 10.2 Å². The quantitative estimate of drug-likeness (QED) is 0.389. The van der Waals surface area contributed by atoms with Crippen molar-refractivity contribution in [3.05, 3.63) is 69.8 Å². The summed E-state index contributed by atoms with van der Waals surface area (Å²) >= 11 is 6.34. The van der Waals surface area contributed by atoms with Gasteiger partial charge in [-0.3, -0.25) is 9.47 Å². The van der Waals surface area contributed by atoms with E-state index in [2.05, 4.69) is 15.1 Å². The van der Waals surface area contributed by atoms with Gasteiger partial charge in [-0.1, -0.05) is 11.6 Å². The van der Waals surface area contributed by atoms with Gasteiger partial charge in [0.2, 0.25) is 0 Å². The molecule has 2 fully saturated rings. The molecule has 3 aliphatic rings. The van der Waals surface area contributed by atoms with Crippen LogP contribution in [0.4, 0.5) is 27.6 Å². The van der Waals surface area contributed by atoms with E-state index in [9.17, 15) is 22.0 Å². The Morgan fingerprint density at radius 3 is 2.47 bits per heavy atom. The topological polar surface area (TPSA) is 46.4 Å². The first-order valence-electron chi connectivity index (χ1n) is 12.6. The number of halogens is 6. The minimum Gasteiger partial charge on any atom is -0.380 e. The third kappa shape index (κ3) is 4.54. The maximum atomic E-state index is 14.8. The summed E-state index contributed by atoms with van der Waals surface area (Å²) in [6, 6.07) is 7.09. The summed E-state index contributed by atoms with van der Waals surface area (Å²) in [6.07, 6.45) is -3.07. The van der Waals surface area contributed by atoms with E-state index >= 15 is 0 Å². The van der Waals surface area contributed by atoms with Gasteiger partial charge in [0.1, 0.15) is 17.3 Å². The highest BCUT2D eigenvalue weighted by Crippen LogP contribution is 2.39. The molecule has 0 unspecified atom stereocenters. The number of hydrogen-bond donors (Lipinski definition) is 0. The monoisotopic (exact) mass is 553 g/mol. The van der Waals surface area contributed by atoms with Crippen LogP contribution in [0.25, 0.3) is 5.69 Å². The van der Waals surface area contributed by atoms with Crippen molar-refractivity contribution in [1.82, 2.24) is 19.7 Å². The molecule has 1 atom stereocenters. The molecule has 0 aliphatic carbocycles. The first-order chi connectivity index (χ1) is 18.2. The highest BCUT2D eigenvalue weighted by molar-refractivity contribution is 6.30. The zero-order valence-electron chi connectivity index (χ0n) is 20.3. The van der Waals surface area contributed by atoms with Crippen LogP contribution in [-0.4, -0.2) is 52.0 Å². The molecular weight excluding hydrogens is 529 g/mol. The van der Waals surface area contributed by atoms with Crippen LogP contribution in [0.2, 0.25) is 5.02 Å². The minimum atomic E-state index is -4.90. The molecule has 202 valence electrons. The Hall–Kier alpha value is -2.76. The zero-order valence-corrected chi connectivity index (χ0v) is 21.1. The maximum Gasteiger partial charge on any atom is 0.419 e. The van der Waals surface area contributed by atoms with Crippen LogP contribution in [0.1, 0.15) is 48.0 Å². The lowest BCUT2D eigenvalue weighted by Crippen LogP contribution is -2.35. The largest absolute Gasteiger partial charge is 0.419 e. The number of aromatic nitrogens is 3. The smallest absolute Gasteiger partial charge is 0.380 e. The summed E-state index contributed by atoms with van der Waals surface area (Å²) in [7, 11) is 0. The summed E-state index contributed by atoms with van der Waals surface area (Å²) in [4.78, 5) is 3.67. The second-order valence-electron chi connectivity index (χ2n) is 10.0. The van der Waals surface area contributed by atoms with Crippen molar-refractivity contribution in [2.24, 2.45) is 0 Å². The lowest BCUT2D eigenvalue weighted by molar-refractivity contribution is -0.139. The number of nitrogens with zero attached hydrogens (tertiary/aromatic N) is 5. The molecule has 12 heteroatoms. The molecule has 0 amide bonds. The number of ether oxygens (including phenoxy) is 1. The normalized spacial score (nSPS) is 20.9. The Labute approximate surface area is 220 Å². The van der Waals surface area contributed by atoms with Gasteiger partial charge in [0, 0.05) is 43.2 Å². The lowest BCUT2D eigenvalue weighted by atomic mass is 9.94. The van der Waals surface area contributed by atoms with Crippen LogP contribution < -0.4 is 4.90 Å². The molecular formula is C26H25ClF5N5O. The minimum absolute atomic E-state index is 0.0886. The number of rotatable bonds is 3.